The van der Waals surface area contributed by atoms with Gasteiger partial charge in [0.2, 0.25) is 15.9 Å². The average molecular weight is 464 g/mol. The van der Waals surface area contributed by atoms with Crippen molar-refractivity contribution in [3.63, 3.8) is 0 Å². The van der Waals surface area contributed by atoms with Crippen LogP contribution in [0.5, 0.6) is 0 Å². The predicted molar refractivity (Wildman–Crippen MR) is 119 cm³/mol. The lowest BCUT2D eigenvalue weighted by Gasteiger charge is -2.15. The van der Waals surface area contributed by atoms with Crippen LogP contribution in [0.25, 0.3) is 11.1 Å². The molecular formula is C22H26FN3O5S. The molecule has 0 radical (unpaired) electrons. The van der Waals surface area contributed by atoms with Crippen LogP contribution in [0, 0.1) is 5.82 Å². The molecule has 2 N–H and O–H groups in total. The largest absolute Gasteiger partial charge is 0.442 e. The number of hydrogen-bond acceptors (Lipinski definition) is 5. The first-order valence-corrected chi connectivity index (χ1v) is 11.7. The Morgan fingerprint density at radius 3 is 2.50 bits per heavy atom. The third-order valence-corrected chi connectivity index (χ3v) is 6.87. The van der Waals surface area contributed by atoms with E-state index < -0.39 is 33.3 Å². The molecule has 10 heteroatoms. The van der Waals surface area contributed by atoms with Crippen LogP contribution < -0.4 is 14.9 Å². The Labute approximate surface area is 186 Å². The zero-order valence-electron chi connectivity index (χ0n) is 18.1. The SMILES string of the molecule is CC(=O)NC[C@H]1CN(c2ccc(-c3ccc(CNS(=O)(=O)C(C)C)cc3)c(F)c2)C(=O)O1. The van der Waals surface area contributed by atoms with Gasteiger partial charge in [-0.2, -0.15) is 0 Å². The van der Waals surface area contributed by atoms with E-state index in [4.69, 9.17) is 4.74 Å². The van der Waals surface area contributed by atoms with Gasteiger partial charge in [0.15, 0.2) is 0 Å². The molecule has 1 saturated heterocycles. The summed E-state index contributed by atoms with van der Waals surface area (Å²) in [5, 5.41) is 2.07. The molecule has 0 aromatic heterocycles. The molecule has 3 rings (SSSR count). The van der Waals surface area contributed by atoms with Gasteiger partial charge in [-0.3, -0.25) is 9.69 Å². The van der Waals surface area contributed by atoms with E-state index in [0.29, 0.717) is 16.8 Å². The Morgan fingerprint density at radius 2 is 1.91 bits per heavy atom. The number of carbonyl (C=O) groups is 2. The third-order valence-electron chi connectivity index (χ3n) is 5.08. The van der Waals surface area contributed by atoms with E-state index in [1.807, 2.05) is 0 Å². The zero-order valence-corrected chi connectivity index (χ0v) is 18.9. The van der Waals surface area contributed by atoms with Gasteiger partial charge in [0.05, 0.1) is 24.0 Å². The van der Waals surface area contributed by atoms with Crippen molar-refractivity contribution in [3.8, 4) is 11.1 Å². The lowest BCUT2D eigenvalue weighted by molar-refractivity contribution is -0.119. The van der Waals surface area contributed by atoms with Crippen molar-refractivity contribution in [1.82, 2.24) is 10.0 Å². The van der Waals surface area contributed by atoms with Crippen molar-refractivity contribution >= 4 is 27.7 Å². The number of rotatable bonds is 8. The summed E-state index contributed by atoms with van der Waals surface area (Å²) >= 11 is 0. The highest BCUT2D eigenvalue weighted by Gasteiger charge is 2.32. The van der Waals surface area contributed by atoms with E-state index in [2.05, 4.69) is 10.0 Å². The minimum Gasteiger partial charge on any atom is -0.442 e. The monoisotopic (exact) mass is 463 g/mol. The number of carbonyl (C=O) groups excluding carboxylic acids is 2. The highest BCUT2D eigenvalue weighted by molar-refractivity contribution is 7.90. The fourth-order valence-electron chi connectivity index (χ4n) is 3.16. The molecule has 2 aromatic rings. The molecule has 0 bridgehead atoms. The second kappa shape index (κ2) is 9.66. The molecule has 1 fully saturated rings. The Bertz CT molecular complexity index is 1100. The van der Waals surface area contributed by atoms with E-state index in [1.165, 1.54) is 17.9 Å². The van der Waals surface area contributed by atoms with Gasteiger partial charge in [-0.05, 0) is 43.2 Å². The van der Waals surface area contributed by atoms with Crippen molar-refractivity contribution in [3.05, 3.63) is 53.8 Å². The first kappa shape index (κ1) is 23.7. The zero-order chi connectivity index (χ0) is 23.5. The van der Waals surface area contributed by atoms with E-state index in [9.17, 15) is 22.4 Å². The normalized spacial score (nSPS) is 16.3. The van der Waals surface area contributed by atoms with Crippen LogP contribution in [0.3, 0.4) is 0 Å². The summed E-state index contributed by atoms with van der Waals surface area (Å²) in [4.78, 5) is 24.5. The molecule has 0 saturated carbocycles. The summed E-state index contributed by atoms with van der Waals surface area (Å²) in [7, 11) is -3.37. The van der Waals surface area contributed by atoms with Gasteiger partial charge >= 0.3 is 6.09 Å². The van der Waals surface area contributed by atoms with Crippen molar-refractivity contribution < 1.29 is 27.1 Å². The van der Waals surface area contributed by atoms with E-state index in [0.717, 1.165) is 5.56 Å². The van der Waals surface area contributed by atoms with Crippen LogP contribution in [0.2, 0.25) is 0 Å². The Kier molecular flexibility index (Phi) is 7.15. The highest BCUT2D eigenvalue weighted by atomic mass is 32.2. The number of hydrogen-bond donors (Lipinski definition) is 2. The number of sulfonamides is 1. The molecular weight excluding hydrogens is 437 g/mol. The minimum atomic E-state index is -3.37. The van der Waals surface area contributed by atoms with Gasteiger partial charge in [-0.1, -0.05) is 24.3 Å². The molecule has 1 aliphatic rings. The predicted octanol–water partition coefficient (Wildman–Crippen LogP) is 2.78. The lowest BCUT2D eigenvalue weighted by atomic mass is 10.0. The minimum absolute atomic E-state index is 0.152. The average Bonchev–Trinajstić information content (AvgIpc) is 3.11. The van der Waals surface area contributed by atoms with Crippen LogP contribution in [0.4, 0.5) is 14.9 Å². The number of anilines is 1. The summed E-state index contributed by atoms with van der Waals surface area (Å²) in [6.07, 6.45) is -1.10. The van der Waals surface area contributed by atoms with Crippen LogP contribution in [-0.2, 0) is 26.1 Å². The number of benzene rings is 2. The van der Waals surface area contributed by atoms with Crippen LogP contribution in [-0.4, -0.2) is 44.9 Å². The molecule has 0 aliphatic carbocycles. The summed E-state index contributed by atoms with van der Waals surface area (Å²) in [6, 6.07) is 11.4. The second-order valence-corrected chi connectivity index (χ2v) is 10.2. The van der Waals surface area contributed by atoms with Gasteiger partial charge in [0, 0.05) is 19.0 Å². The Balaban J connectivity index is 1.69. The van der Waals surface area contributed by atoms with E-state index in [-0.39, 0.29) is 25.5 Å². The molecule has 1 atom stereocenters. The standard InChI is InChI=1S/C22H26FN3O5S/c1-14(2)32(29,30)25-11-16-4-6-17(7-5-16)20-9-8-18(10-21(20)23)26-13-19(31-22(26)28)12-24-15(3)27/h4-10,14,19,25H,11-13H2,1-3H3,(H,24,27)/t19-/m0/s1. The molecule has 1 aliphatic heterocycles. The number of nitrogens with zero attached hydrogens (tertiary/aromatic N) is 1. The van der Waals surface area contributed by atoms with Crippen molar-refractivity contribution in [2.75, 3.05) is 18.0 Å². The number of nitrogens with one attached hydrogen (secondary N) is 2. The molecule has 0 spiro atoms. The maximum atomic E-state index is 14.8. The fraction of sp³-hybridized carbons (Fsp3) is 0.364. The topological polar surface area (TPSA) is 105 Å². The van der Waals surface area contributed by atoms with Crippen LogP contribution in [0.1, 0.15) is 26.3 Å². The Hall–Kier alpha value is -2.98. The number of ether oxygens (including phenoxy) is 1. The van der Waals surface area contributed by atoms with Crippen LogP contribution >= 0.6 is 0 Å². The van der Waals surface area contributed by atoms with Gasteiger partial charge < -0.3 is 10.1 Å². The first-order valence-electron chi connectivity index (χ1n) is 10.2. The number of halogens is 1. The van der Waals surface area contributed by atoms with Crippen molar-refractivity contribution in [2.45, 2.75) is 38.7 Å². The van der Waals surface area contributed by atoms with Gasteiger partial charge in [0.1, 0.15) is 11.9 Å². The summed E-state index contributed by atoms with van der Waals surface area (Å²) in [5.41, 5.74) is 2.09. The summed E-state index contributed by atoms with van der Waals surface area (Å²) < 4.78 is 46.3. The van der Waals surface area contributed by atoms with Crippen molar-refractivity contribution in [1.29, 1.82) is 0 Å². The molecule has 0 unspecified atom stereocenters. The van der Waals surface area contributed by atoms with Crippen LogP contribution in [0.15, 0.2) is 42.5 Å². The molecule has 32 heavy (non-hydrogen) atoms. The number of amides is 2. The first-order chi connectivity index (χ1) is 15.1. The number of cyclic esters (lactones) is 1. The van der Waals surface area contributed by atoms with Gasteiger partial charge in [-0.25, -0.2) is 22.3 Å². The molecule has 8 nitrogen and oxygen atoms in total. The van der Waals surface area contributed by atoms with E-state index >= 15 is 0 Å². The van der Waals surface area contributed by atoms with Gasteiger partial charge in [0.25, 0.3) is 0 Å². The van der Waals surface area contributed by atoms with E-state index in [1.54, 1.807) is 50.2 Å². The van der Waals surface area contributed by atoms with Crippen molar-refractivity contribution in [2.24, 2.45) is 0 Å². The van der Waals surface area contributed by atoms with Gasteiger partial charge in [-0.15, -0.1) is 0 Å². The summed E-state index contributed by atoms with van der Waals surface area (Å²) in [5.74, 6) is -0.730. The quantitative estimate of drug-likeness (QED) is 0.626. The molecule has 1 heterocycles. The summed E-state index contributed by atoms with van der Waals surface area (Å²) in [6.45, 7) is 5.13. The second-order valence-electron chi connectivity index (χ2n) is 7.83. The lowest BCUT2D eigenvalue weighted by Crippen LogP contribution is -2.33. The maximum Gasteiger partial charge on any atom is 0.414 e. The molecule has 2 amide bonds. The third kappa shape index (κ3) is 5.63. The highest BCUT2D eigenvalue weighted by Crippen LogP contribution is 2.29. The fourth-order valence-corrected chi connectivity index (χ4v) is 3.86. The molecule has 172 valence electrons. The maximum absolute atomic E-state index is 14.8. The molecule has 2 aromatic carbocycles. The smallest absolute Gasteiger partial charge is 0.414 e. The Morgan fingerprint density at radius 1 is 1.22 bits per heavy atom.